The highest BCUT2D eigenvalue weighted by atomic mass is 16.5. The Bertz CT molecular complexity index is 445. The molecule has 1 fully saturated rings. The molecule has 0 N–H and O–H groups in total. The van der Waals surface area contributed by atoms with Gasteiger partial charge in [0, 0.05) is 18.8 Å². The highest BCUT2D eigenvalue weighted by Gasteiger charge is 2.25. The molecular weight excluding hydrogens is 250 g/mol. The molecule has 1 heterocycles. The lowest BCUT2D eigenvalue weighted by Gasteiger charge is -2.32. The van der Waals surface area contributed by atoms with Gasteiger partial charge in [0.15, 0.2) is 0 Å². The second-order valence-corrected chi connectivity index (χ2v) is 5.17. The summed E-state index contributed by atoms with van der Waals surface area (Å²) >= 11 is 0. The lowest BCUT2D eigenvalue weighted by atomic mass is 9.96. The van der Waals surface area contributed by atoms with Gasteiger partial charge in [0.2, 0.25) is 0 Å². The number of ether oxygens (including phenoxy) is 1. The van der Waals surface area contributed by atoms with E-state index in [0.29, 0.717) is 6.61 Å². The summed E-state index contributed by atoms with van der Waals surface area (Å²) in [5.74, 6) is 0.0414. The van der Waals surface area contributed by atoms with E-state index in [1.54, 1.807) is 0 Å². The van der Waals surface area contributed by atoms with Crippen LogP contribution in [-0.2, 0) is 16.0 Å². The van der Waals surface area contributed by atoms with Gasteiger partial charge in [0.1, 0.15) is 0 Å². The van der Waals surface area contributed by atoms with Gasteiger partial charge in [-0.3, -0.25) is 4.79 Å². The standard InChI is InChI=1S/C17H23NO2/c1-3-5-14-6-8-16(9-7-14)18-12-10-15(11-13-18)17(19)20-4-2/h3,6-9,15H,1,4-5,10-13H2,2H3. The largest absolute Gasteiger partial charge is 0.466 e. The maximum Gasteiger partial charge on any atom is 0.309 e. The summed E-state index contributed by atoms with van der Waals surface area (Å²) in [5, 5.41) is 0. The van der Waals surface area contributed by atoms with Crippen molar-refractivity contribution >= 4 is 11.7 Å². The van der Waals surface area contributed by atoms with Crippen LogP contribution >= 0.6 is 0 Å². The van der Waals surface area contributed by atoms with Crippen LogP contribution in [0.3, 0.4) is 0 Å². The van der Waals surface area contributed by atoms with Crippen molar-refractivity contribution in [2.75, 3.05) is 24.6 Å². The van der Waals surface area contributed by atoms with E-state index in [2.05, 4.69) is 35.7 Å². The summed E-state index contributed by atoms with van der Waals surface area (Å²) in [4.78, 5) is 14.0. The number of rotatable bonds is 5. The average Bonchev–Trinajstić information content (AvgIpc) is 2.49. The van der Waals surface area contributed by atoms with Gasteiger partial charge in [-0.1, -0.05) is 18.2 Å². The fourth-order valence-electron chi connectivity index (χ4n) is 2.64. The zero-order valence-electron chi connectivity index (χ0n) is 12.2. The van der Waals surface area contributed by atoms with Gasteiger partial charge >= 0.3 is 5.97 Å². The molecular formula is C17H23NO2. The minimum absolute atomic E-state index is 0.0338. The van der Waals surface area contributed by atoms with E-state index in [1.807, 2.05) is 13.0 Å². The molecule has 0 amide bonds. The molecule has 1 aromatic rings. The number of carbonyl (C=O) groups is 1. The zero-order valence-corrected chi connectivity index (χ0v) is 12.2. The second-order valence-electron chi connectivity index (χ2n) is 5.17. The number of benzene rings is 1. The Morgan fingerprint density at radius 1 is 1.35 bits per heavy atom. The molecule has 108 valence electrons. The summed E-state index contributed by atoms with van der Waals surface area (Å²) in [6.07, 6.45) is 4.59. The Morgan fingerprint density at radius 3 is 2.55 bits per heavy atom. The Morgan fingerprint density at radius 2 is 2.00 bits per heavy atom. The van der Waals surface area contributed by atoms with Crippen molar-refractivity contribution in [1.29, 1.82) is 0 Å². The summed E-state index contributed by atoms with van der Waals surface area (Å²) in [6, 6.07) is 8.61. The first kappa shape index (κ1) is 14.6. The van der Waals surface area contributed by atoms with Gasteiger partial charge in [-0.05, 0) is 43.9 Å². The van der Waals surface area contributed by atoms with Gasteiger partial charge < -0.3 is 9.64 Å². The molecule has 1 aliphatic heterocycles. The SMILES string of the molecule is C=CCc1ccc(N2CCC(C(=O)OCC)CC2)cc1. The second kappa shape index (κ2) is 7.13. The summed E-state index contributed by atoms with van der Waals surface area (Å²) in [5.41, 5.74) is 2.52. The van der Waals surface area contributed by atoms with Crippen molar-refractivity contribution in [3.05, 3.63) is 42.5 Å². The zero-order chi connectivity index (χ0) is 14.4. The van der Waals surface area contributed by atoms with Gasteiger partial charge in [-0.25, -0.2) is 0 Å². The van der Waals surface area contributed by atoms with Gasteiger partial charge in [-0.15, -0.1) is 6.58 Å². The minimum Gasteiger partial charge on any atom is -0.466 e. The van der Waals surface area contributed by atoms with Crippen LogP contribution in [0.1, 0.15) is 25.3 Å². The predicted molar refractivity (Wildman–Crippen MR) is 81.9 cm³/mol. The molecule has 3 heteroatoms. The summed E-state index contributed by atoms with van der Waals surface area (Å²) in [7, 11) is 0. The number of hydrogen-bond acceptors (Lipinski definition) is 3. The van der Waals surface area contributed by atoms with E-state index in [9.17, 15) is 4.79 Å². The van der Waals surface area contributed by atoms with Crippen molar-refractivity contribution < 1.29 is 9.53 Å². The van der Waals surface area contributed by atoms with Crippen LogP contribution < -0.4 is 4.90 Å². The molecule has 0 aliphatic carbocycles. The fraction of sp³-hybridized carbons (Fsp3) is 0.471. The third kappa shape index (κ3) is 3.62. The van der Waals surface area contributed by atoms with E-state index in [4.69, 9.17) is 4.74 Å². The highest BCUT2D eigenvalue weighted by molar-refractivity contribution is 5.72. The summed E-state index contributed by atoms with van der Waals surface area (Å²) in [6.45, 7) is 7.93. The number of nitrogens with zero attached hydrogens (tertiary/aromatic N) is 1. The van der Waals surface area contributed by atoms with E-state index in [-0.39, 0.29) is 11.9 Å². The first-order valence-corrected chi connectivity index (χ1v) is 7.36. The Kier molecular flexibility index (Phi) is 5.22. The molecule has 0 bridgehead atoms. The number of piperidine rings is 1. The van der Waals surface area contributed by atoms with Gasteiger partial charge in [0.05, 0.1) is 12.5 Å². The Balaban J connectivity index is 1.90. The first-order chi connectivity index (χ1) is 9.74. The molecule has 0 saturated carbocycles. The monoisotopic (exact) mass is 273 g/mol. The molecule has 3 nitrogen and oxygen atoms in total. The van der Waals surface area contributed by atoms with Crippen molar-refractivity contribution in [2.24, 2.45) is 5.92 Å². The number of carbonyl (C=O) groups excluding carboxylic acids is 1. The van der Waals surface area contributed by atoms with E-state index in [0.717, 1.165) is 32.4 Å². The Labute approximate surface area is 121 Å². The molecule has 0 unspecified atom stereocenters. The average molecular weight is 273 g/mol. The maximum absolute atomic E-state index is 11.7. The molecule has 0 radical (unpaired) electrons. The quantitative estimate of drug-likeness (QED) is 0.609. The minimum atomic E-state index is -0.0338. The van der Waals surface area contributed by atoms with Crippen LogP contribution in [0.4, 0.5) is 5.69 Å². The first-order valence-electron chi connectivity index (χ1n) is 7.36. The smallest absolute Gasteiger partial charge is 0.309 e. The third-order valence-electron chi connectivity index (χ3n) is 3.80. The topological polar surface area (TPSA) is 29.5 Å². The van der Waals surface area contributed by atoms with Crippen LogP contribution in [0.2, 0.25) is 0 Å². The third-order valence-corrected chi connectivity index (χ3v) is 3.80. The Hall–Kier alpha value is -1.77. The molecule has 0 spiro atoms. The lowest BCUT2D eigenvalue weighted by Crippen LogP contribution is -2.36. The molecule has 1 aromatic carbocycles. The molecule has 2 rings (SSSR count). The van der Waals surface area contributed by atoms with Crippen LogP contribution in [-0.4, -0.2) is 25.7 Å². The highest BCUT2D eigenvalue weighted by Crippen LogP contribution is 2.24. The van der Waals surface area contributed by atoms with Crippen molar-refractivity contribution in [1.82, 2.24) is 0 Å². The number of anilines is 1. The molecule has 1 aliphatic rings. The number of hydrogen-bond donors (Lipinski definition) is 0. The van der Waals surface area contributed by atoms with Gasteiger partial charge in [0.25, 0.3) is 0 Å². The van der Waals surface area contributed by atoms with Crippen molar-refractivity contribution in [2.45, 2.75) is 26.2 Å². The number of esters is 1. The lowest BCUT2D eigenvalue weighted by molar-refractivity contribution is -0.148. The van der Waals surface area contributed by atoms with Crippen LogP contribution in [0, 0.1) is 5.92 Å². The molecule has 1 saturated heterocycles. The van der Waals surface area contributed by atoms with Crippen LogP contribution in [0.5, 0.6) is 0 Å². The van der Waals surface area contributed by atoms with Crippen LogP contribution in [0.25, 0.3) is 0 Å². The number of allylic oxidation sites excluding steroid dienone is 1. The van der Waals surface area contributed by atoms with E-state index in [1.165, 1.54) is 11.3 Å². The van der Waals surface area contributed by atoms with Crippen molar-refractivity contribution in [3.8, 4) is 0 Å². The predicted octanol–water partition coefficient (Wildman–Crippen LogP) is 3.19. The van der Waals surface area contributed by atoms with Gasteiger partial charge in [-0.2, -0.15) is 0 Å². The molecule has 0 atom stereocenters. The normalized spacial score (nSPS) is 15.9. The fourth-order valence-corrected chi connectivity index (χ4v) is 2.64. The van der Waals surface area contributed by atoms with E-state index >= 15 is 0 Å². The maximum atomic E-state index is 11.7. The summed E-state index contributed by atoms with van der Waals surface area (Å²) < 4.78 is 5.10. The molecule has 20 heavy (non-hydrogen) atoms. The molecule has 0 aromatic heterocycles. The van der Waals surface area contributed by atoms with Crippen LogP contribution in [0.15, 0.2) is 36.9 Å². The van der Waals surface area contributed by atoms with E-state index < -0.39 is 0 Å². The van der Waals surface area contributed by atoms with Crippen molar-refractivity contribution in [3.63, 3.8) is 0 Å².